The molecule has 0 atom stereocenters. The molecule has 3 N–H and O–H groups in total. The van der Waals surface area contributed by atoms with Crippen LogP contribution >= 0.6 is 0 Å². The first-order chi connectivity index (χ1) is 7.66. The summed E-state index contributed by atoms with van der Waals surface area (Å²) in [6.45, 7) is 0. The number of carbonyl (C=O) groups is 1. The number of aryl methyl sites for hydroxylation is 1. The zero-order chi connectivity index (χ0) is 11.2. The lowest BCUT2D eigenvalue weighted by atomic mass is 9.95. The van der Waals surface area contributed by atoms with E-state index in [2.05, 4.69) is 23.5 Å². The van der Waals surface area contributed by atoms with Crippen LogP contribution in [0.15, 0.2) is 18.2 Å². The molecule has 1 aliphatic heterocycles. The van der Waals surface area contributed by atoms with E-state index >= 15 is 0 Å². The van der Waals surface area contributed by atoms with Crippen molar-refractivity contribution in [3.8, 4) is 0 Å². The molecule has 0 saturated heterocycles. The number of nitrogens with two attached hydrogens (primary N) is 1. The van der Waals surface area contributed by atoms with E-state index in [4.69, 9.17) is 5.73 Å². The third kappa shape index (κ3) is 1.71. The lowest BCUT2D eigenvalue weighted by Gasteiger charge is -2.21. The van der Waals surface area contributed by atoms with Crippen LogP contribution in [0, 0.1) is 0 Å². The van der Waals surface area contributed by atoms with Crippen LogP contribution in [0.5, 0.6) is 0 Å². The molecule has 3 nitrogen and oxygen atoms in total. The van der Waals surface area contributed by atoms with Gasteiger partial charge >= 0.3 is 0 Å². The van der Waals surface area contributed by atoms with Gasteiger partial charge in [-0.2, -0.15) is 0 Å². The van der Waals surface area contributed by atoms with Crippen molar-refractivity contribution in [2.75, 3.05) is 5.32 Å². The number of para-hydroxylation sites is 1. The first-order valence-corrected chi connectivity index (χ1v) is 5.86. The van der Waals surface area contributed by atoms with Gasteiger partial charge in [-0.25, -0.2) is 0 Å². The Labute approximate surface area is 95.0 Å². The van der Waals surface area contributed by atoms with Crippen molar-refractivity contribution in [3.63, 3.8) is 0 Å². The van der Waals surface area contributed by atoms with Crippen molar-refractivity contribution in [2.45, 2.75) is 37.6 Å². The number of benzene rings is 1. The minimum Gasteiger partial charge on any atom is -0.326 e. The predicted octanol–water partition coefficient (Wildman–Crippen LogP) is 1.61. The van der Waals surface area contributed by atoms with Crippen molar-refractivity contribution in [2.24, 2.45) is 5.73 Å². The van der Waals surface area contributed by atoms with E-state index in [1.807, 2.05) is 0 Å². The zero-order valence-electron chi connectivity index (χ0n) is 9.25. The highest BCUT2D eigenvalue weighted by Gasteiger charge is 2.38. The lowest BCUT2D eigenvalue weighted by molar-refractivity contribution is -0.116. The number of hydrogen-bond donors (Lipinski definition) is 2. The Kier molecular flexibility index (Phi) is 2.04. The Morgan fingerprint density at radius 3 is 2.88 bits per heavy atom. The van der Waals surface area contributed by atoms with E-state index in [1.54, 1.807) is 0 Å². The zero-order valence-corrected chi connectivity index (χ0v) is 9.25. The van der Waals surface area contributed by atoms with Gasteiger partial charge in [-0.1, -0.05) is 18.2 Å². The fourth-order valence-electron chi connectivity index (χ4n) is 2.34. The van der Waals surface area contributed by atoms with Gasteiger partial charge in [0.25, 0.3) is 0 Å². The van der Waals surface area contributed by atoms with Gasteiger partial charge in [0.2, 0.25) is 5.91 Å². The molecule has 1 saturated carbocycles. The summed E-state index contributed by atoms with van der Waals surface area (Å²) in [5, 5.41) is 2.98. The summed E-state index contributed by atoms with van der Waals surface area (Å²) < 4.78 is 0. The maximum Gasteiger partial charge on any atom is 0.224 e. The van der Waals surface area contributed by atoms with Crippen LogP contribution in [0.2, 0.25) is 0 Å². The second kappa shape index (κ2) is 3.32. The summed E-state index contributed by atoms with van der Waals surface area (Å²) in [7, 11) is 0. The summed E-state index contributed by atoms with van der Waals surface area (Å²) in [4.78, 5) is 11.4. The standard InChI is InChI=1S/C13H16N2O/c14-13(6-7-13)8-10-3-1-2-9-4-5-11(16)15-12(9)10/h1-3H,4-8,14H2,(H,15,16). The van der Waals surface area contributed by atoms with E-state index < -0.39 is 0 Å². The van der Waals surface area contributed by atoms with E-state index in [-0.39, 0.29) is 11.4 Å². The molecule has 84 valence electrons. The first-order valence-electron chi connectivity index (χ1n) is 5.86. The molecule has 1 amide bonds. The number of fused-ring (bicyclic) bond motifs is 1. The Hall–Kier alpha value is -1.35. The molecule has 1 aromatic carbocycles. The Morgan fingerprint density at radius 1 is 1.31 bits per heavy atom. The van der Waals surface area contributed by atoms with Crippen molar-refractivity contribution in [3.05, 3.63) is 29.3 Å². The number of hydrogen-bond acceptors (Lipinski definition) is 2. The molecule has 3 heteroatoms. The normalized spacial score (nSPS) is 21.2. The number of nitrogens with one attached hydrogen (secondary N) is 1. The Morgan fingerprint density at radius 2 is 2.12 bits per heavy atom. The van der Waals surface area contributed by atoms with Crippen molar-refractivity contribution < 1.29 is 4.79 Å². The van der Waals surface area contributed by atoms with Gasteiger partial charge in [0.1, 0.15) is 0 Å². The van der Waals surface area contributed by atoms with Gasteiger partial charge in [-0.3, -0.25) is 4.79 Å². The topological polar surface area (TPSA) is 55.1 Å². The molecule has 0 aromatic heterocycles. The molecule has 2 aliphatic rings. The van der Waals surface area contributed by atoms with Crippen molar-refractivity contribution in [1.82, 2.24) is 0 Å². The van der Waals surface area contributed by atoms with Gasteiger partial charge in [0, 0.05) is 17.6 Å². The van der Waals surface area contributed by atoms with Crippen LogP contribution in [0.1, 0.15) is 30.4 Å². The van der Waals surface area contributed by atoms with Crippen LogP contribution < -0.4 is 11.1 Å². The maximum absolute atomic E-state index is 11.4. The fraction of sp³-hybridized carbons (Fsp3) is 0.462. The van der Waals surface area contributed by atoms with Crippen LogP contribution in [-0.4, -0.2) is 11.4 Å². The molecule has 0 spiro atoms. The minimum absolute atomic E-state index is 0.00268. The fourth-order valence-corrected chi connectivity index (χ4v) is 2.34. The molecule has 16 heavy (non-hydrogen) atoms. The predicted molar refractivity (Wildman–Crippen MR) is 63.2 cm³/mol. The highest BCUT2D eigenvalue weighted by atomic mass is 16.1. The quantitative estimate of drug-likeness (QED) is 0.789. The second-order valence-corrected chi connectivity index (χ2v) is 5.04. The average molecular weight is 216 g/mol. The second-order valence-electron chi connectivity index (χ2n) is 5.04. The first kappa shape index (κ1) is 9.85. The average Bonchev–Trinajstić information content (AvgIpc) is 2.97. The van der Waals surface area contributed by atoms with E-state index in [9.17, 15) is 4.79 Å². The van der Waals surface area contributed by atoms with Crippen molar-refractivity contribution >= 4 is 11.6 Å². The van der Waals surface area contributed by atoms with Crippen LogP contribution in [-0.2, 0) is 17.6 Å². The number of rotatable bonds is 2. The lowest BCUT2D eigenvalue weighted by Crippen LogP contribution is -2.27. The molecule has 3 rings (SSSR count). The van der Waals surface area contributed by atoms with Gasteiger partial charge in [-0.05, 0) is 36.8 Å². The third-order valence-electron chi connectivity index (χ3n) is 3.56. The molecule has 1 aromatic rings. The van der Waals surface area contributed by atoms with Gasteiger partial charge < -0.3 is 11.1 Å². The Bertz CT molecular complexity index is 449. The highest BCUT2D eigenvalue weighted by Crippen LogP contribution is 2.38. The summed E-state index contributed by atoms with van der Waals surface area (Å²) >= 11 is 0. The molecular formula is C13H16N2O. The van der Waals surface area contributed by atoms with Gasteiger partial charge in [0.15, 0.2) is 0 Å². The minimum atomic E-state index is -0.00268. The van der Waals surface area contributed by atoms with E-state index in [1.165, 1.54) is 11.1 Å². The monoisotopic (exact) mass is 216 g/mol. The molecule has 1 fully saturated rings. The Balaban J connectivity index is 1.95. The third-order valence-corrected chi connectivity index (χ3v) is 3.56. The molecular weight excluding hydrogens is 200 g/mol. The summed E-state index contributed by atoms with van der Waals surface area (Å²) in [6, 6.07) is 6.24. The summed E-state index contributed by atoms with van der Waals surface area (Å²) in [5.74, 6) is 0.127. The smallest absolute Gasteiger partial charge is 0.224 e. The van der Waals surface area contributed by atoms with E-state index in [0.29, 0.717) is 6.42 Å². The molecule has 0 radical (unpaired) electrons. The summed E-state index contributed by atoms with van der Waals surface area (Å²) in [5.41, 5.74) is 9.61. The van der Waals surface area contributed by atoms with E-state index in [0.717, 1.165) is 31.4 Å². The largest absolute Gasteiger partial charge is 0.326 e. The van der Waals surface area contributed by atoms with Crippen molar-refractivity contribution in [1.29, 1.82) is 0 Å². The van der Waals surface area contributed by atoms with Crippen LogP contribution in [0.25, 0.3) is 0 Å². The van der Waals surface area contributed by atoms with Crippen LogP contribution in [0.4, 0.5) is 5.69 Å². The summed E-state index contributed by atoms with van der Waals surface area (Å²) in [6.07, 6.45) is 4.54. The van der Waals surface area contributed by atoms with Gasteiger partial charge in [0.05, 0.1) is 0 Å². The number of amides is 1. The number of anilines is 1. The molecule has 0 unspecified atom stereocenters. The molecule has 0 bridgehead atoms. The molecule has 1 aliphatic carbocycles. The molecule has 1 heterocycles. The SMILES string of the molecule is NC1(Cc2cccc3c2NC(=O)CC3)CC1. The highest BCUT2D eigenvalue weighted by molar-refractivity contribution is 5.94. The van der Waals surface area contributed by atoms with Crippen LogP contribution in [0.3, 0.4) is 0 Å². The number of carbonyl (C=O) groups excluding carboxylic acids is 1. The van der Waals surface area contributed by atoms with Gasteiger partial charge in [-0.15, -0.1) is 0 Å². The maximum atomic E-state index is 11.4.